The Balaban J connectivity index is 2.30. The number of nitro groups is 1. The third-order valence-corrected chi connectivity index (χ3v) is 5.45. The smallest absolute Gasteiger partial charge is 0.312 e. The van der Waals surface area contributed by atoms with Gasteiger partial charge in [0.25, 0.3) is 0 Å². The van der Waals surface area contributed by atoms with Crippen LogP contribution in [-0.2, 0) is 10.0 Å². The van der Waals surface area contributed by atoms with Crippen LogP contribution in [0.15, 0.2) is 41.3 Å². The number of hydrogen-bond donors (Lipinski definition) is 1. The summed E-state index contributed by atoms with van der Waals surface area (Å²) < 4.78 is 32.7. The van der Waals surface area contributed by atoms with Crippen molar-refractivity contribution in [3.8, 4) is 11.5 Å². The van der Waals surface area contributed by atoms with E-state index in [2.05, 4.69) is 4.72 Å². The molecule has 0 amide bonds. The number of sulfonamides is 1. The summed E-state index contributed by atoms with van der Waals surface area (Å²) in [5.74, 6) is 0.427. The molecule has 8 nitrogen and oxygen atoms in total. The van der Waals surface area contributed by atoms with E-state index in [-0.39, 0.29) is 17.2 Å². The Morgan fingerprint density at radius 2 is 1.81 bits per heavy atom. The lowest BCUT2D eigenvalue weighted by molar-refractivity contribution is -0.385. The van der Waals surface area contributed by atoms with Crippen LogP contribution >= 0.6 is 0 Å². The number of ether oxygens (including phenoxy) is 1. The second kappa shape index (κ2) is 8.47. The van der Waals surface area contributed by atoms with Gasteiger partial charge in [-0.05, 0) is 63.3 Å². The summed E-state index contributed by atoms with van der Waals surface area (Å²) in [6.07, 6.45) is 0. The third kappa shape index (κ3) is 5.49. The van der Waals surface area contributed by atoms with Gasteiger partial charge in [-0.1, -0.05) is 6.07 Å². The lowest BCUT2D eigenvalue weighted by Crippen LogP contribution is -2.31. The predicted octanol–water partition coefficient (Wildman–Crippen LogP) is 2.84. The van der Waals surface area contributed by atoms with Gasteiger partial charge < -0.3 is 9.64 Å². The molecule has 0 saturated carbocycles. The SMILES string of the molecule is Cc1ccc(Oc2ccc(S(=O)(=O)NCCN(C)C)cc2[N+](=O)[O-])cc1C. The van der Waals surface area contributed by atoms with E-state index in [1.54, 1.807) is 12.1 Å². The first kappa shape index (κ1) is 20.8. The van der Waals surface area contributed by atoms with E-state index in [4.69, 9.17) is 4.74 Å². The Morgan fingerprint density at radius 3 is 2.41 bits per heavy atom. The molecule has 0 aromatic heterocycles. The Hall–Kier alpha value is -2.49. The maximum atomic E-state index is 12.3. The van der Waals surface area contributed by atoms with E-state index in [0.717, 1.165) is 17.2 Å². The molecular formula is C18H23N3O5S. The highest BCUT2D eigenvalue weighted by atomic mass is 32.2. The molecule has 0 spiro atoms. The standard InChI is InChI=1S/C18H23N3O5S/c1-13-5-6-15(11-14(13)2)26-18-8-7-16(12-17(18)21(22)23)27(24,25)19-9-10-20(3)4/h5-8,11-12,19H,9-10H2,1-4H3. The number of likely N-dealkylation sites (N-methyl/N-ethyl adjacent to an activating group) is 1. The van der Waals surface area contributed by atoms with Crippen molar-refractivity contribution in [3.05, 3.63) is 57.6 Å². The van der Waals surface area contributed by atoms with Crippen molar-refractivity contribution in [2.75, 3.05) is 27.2 Å². The monoisotopic (exact) mass is 393 g/mol. The van der Waals surface area contributed by atoms with Gasteiger partial charge in [0.15, 0.2) is 0 Å². The van der Waals surface area contributed by atoms with Crippen LogP contribution in [0.1, 0.15) is 11.1 Å². The zero-order valence-electron chi connectivity index (χ0n) is 15.7. The summed E-state index contributed by atoms with van der Waals surface area (Å²) in [6, 6.07) is 8.93. The fourth-order valence-corrected chi connectivity index (χ4v) is 3.33. The van der Waals surface area contributed by atoms with Crippen molar-refractivity contribution in [1.82, 2.24) is 9.62 Å². The van der Waals surface area contributed by atoms with Crippen LogP contribution in [0.4, 0.5) is 5.69 Å². The number of hydrogen-bond acceptors (Lipinski definition) is 6. The average Bonchev–Trinajstić information content (AvgIpc) is 2.57. The highest BCUT2D eigenvalue weighted by Crippen LogP contribution is 2.33. The largest absolute Gasteiger partial charge is 0.450 e. The van der Waals surface area contributed by atoms with Crippen LogP contribution in [0.5, 0.6) is 11.5 Å². The molecule has 0 saturated heterocycles. The second-order valence-corrected chi connectivity index (χ2v) is 8.20. The molecular weight excluding hydrogens is 370 g/mol. The summed E-state index contributed by atoms with van der Waals surface area (Å²) in [6.45, 7) is 4.56. The van der Waals surface area contributed by atoms with Gasteiger partial charge in [0.2, 0.25) is 15.8 Å². The average molecular weight is 393 g/mol. The number of aryl methyl sites for hydroxylation is 2. The number of nitro benzene ring substituents is 1. The van der Waals surface area contributed by atoms with Gasteiger partial charge in [0.05, 0.1) is 9.82 Å². The number of benzene rings is 2. The molecule has 2 aromatic carbocycles. The first-order chi connectivity index (χ1) is 12.6. The molecule has 0 unspecified atom stereocenters. The van der Waals surface area contributed by atoms with Gasteiger partial charge in [-0.25, -0.2) is 13.1 Å². The molecule has 1 N–H and O–H groups in total. The van der Waals surface area contributed by atoms with Crippen molar-refractivity contribution in [1.29, 1.82) is 0 Å². The minimum absolute atomic E-state index is 0.0181. The molecule has 0 atom stereocenters. The molecule has 27 heavy (non-hydrogen) atoms. The Labute approximate surface area is 159 Å². The van der Waals surface area contributed by atoms with Gasteiger partial charge in [0.1, 0.15) is 5.75 Å². The van der Waals surface area contributed by atoms with Gasteiger partial charge >= 0.3 is 5.69 Å². The fourth-order valence-electron chi connectivity index (χ4n) is 2.28. The van der Waals surface area contributed by atoms with E-state index in [0.29, 0.717) is 12.3 Å². The predicted molar refractivity (Wildman–Crippen MR) is 103 cm³/mol. The van der Waals surface area contributed by atoms with Gasteiger partial charge in [0, 0.05) is 19.2 Å². The van der Waals surface area contributed by atoms with Gasteiger partial charge in [-0.3, -0.25) is 10.1 Å². The summed E-state index contributed by atoms with van der Waals surface area (Å²) in [7, 11) is -0.216. The molecule has 0 aliphatic carbocycles. The maximum Gasteiger partial charge on any atom is 0.312 e. The van der Waals surface area contributed by atoms with Crippen molar-refractivity contribution in [2.24, 2.45) is 0 Å². The number of rotatable bonds is 8. The van der Waals surface area contributed by atoms with E-state index < -0.39 is 20.6 Å². The lowest BCUT2D eigenvalue weighted by atomic mass is 10.1. The molecule has 2 aromatic rings. The van der Waals surface area contributed by atoms with Gasteiger partial charge in [-0.15, -0.1) is 0 Å². The van der Waals surface area contributed by atoms with Crippen LogP contribution in [0, 0.1) is 24.0 Å². The molecule has 0 radical (unpaired) electrons. The molecule has 0 heterocycles. The normalized spacial score (nSPS) is 11.6. The lowest BCUT2D eigenvalue weighted by Gasteiger charge is -2.12. The Morgan fingerprint density at radius 1 is 1.11 bits per heavy atom. The van der Waals surface area contributed by atoms with Crippen LogP contribution in [0.3, 0.4) is 0 Å². The summed E-state index contributed by atoms with van der Waals surface area (Å²) >= 11 is 0. The number of nitrogens with zero attached hydrogens (tertiary/aromatic N) is 2. The van der Waals surface area contributed by atoms with Crippen molar-refractivity contribution >= 4 is 15.7 Å². The van der Waals surface area contributed by atoms with Crippen LogP contribution in [-0.4, -0.2) is 45.4 Å². The molecule has 9 heteroatoms. The Kier molecular flexibility index (Phi) is 6.53. The zero-order valence-corrected chi connectivity index (χ0v) is 16.5. The minimum Gasteiger partial charge on any atom is -0.450 e. The highest BCUT2D eigenvalue weighted by molar-refractivity contribution is 7.89. The first-order valence-electron chi connectivity index (χ1n) is 8.28. The van der Waals surface area contributed by atoms with Crippen molar-refractivity contribution in [2.45, 2.75) is 18.7 Å². The molecule has 0 fully saturated rings. The van der Waals surface area contributed by atoms with E-state index >= 15 is 0 Å². The van der Waals surface area contributed by atoms with Crippen molar-refractivity contribution < 1.29 is 18.1 Å². The summed E-state index contributed by atoms with van der Waals surface area (Å²) in [5.41, 5.74) is 1.64. The topological polar surface area (TPSA) is 102 Å². The molecule has 146 valence electrons. The quantitative estimate of drug-likeness (QED) is 0.547. The zero-order chi connectivity index (χ0) is 20.2. The van der Waals surface area contributed by atoms with E-state index in [1.807, 2.05) is 38.9 Å². The van der Waals surface area contributed by atoms with Crippen LogP contribution in [0.25, 0.3) is 0 Å². The van der Waals surface area contributed by atoms with Crippen molar-refractivity contribution in [3.63, 3.8) is 0 Å². The summed E-state index contributed by atoms with van der Waals surface area (Å²) in [5, 5.41) is 11.4. The van der Waals surface area contributed by atoms with E-state index in [9.17, 15) is 18.5 Å². The second-order valence-electron chi connectivity index (χ2n) is 6.44. The van der Waals surface area contributed by atoms with E-state index in [1.165, 1.54) is 12.1 Å². The number of nitrogens with one attached hydrogen (secondary N) is 1. The minimum atomic E-state index is -3.85. The molecule has 2 rings (SSSR count). The molecule has 0 aliphatic heterocycles. The van der Waals surface area contributed by atoms with Crippen LogP contribution in [0.2, 0.25) is 0 Å². The molecule has 0 aliphatic rings. The fraction of sp³-hybridized carbons (Fsp3) is 0.333. The van der Waals surface area contributed by atoms with Gasteiger partial charge in [-0.2, -0.15) is 0 Å². The summed E-state index contributed by atoms with van der Waals surface area (Å²) in [4.78, 5) is 12.4. The molecule has 0 bridgehead atoms. The first-order valence-corrected chi connectivity index (χ1v) is 9.76. The Bertz CT molecular complexity index is 942. The highest BCUT2D eigenvalue weighted by Gasteiger charge is 2.22. The maximum absolute atomic E-state index is 12.3. The van der Waals surface area contributed by atoms with Crippen LogP contribution < -0.4 is 9.46 Å². The third-order valence-electron chi connectivity index (χ3n) is 3.99.